The second-order valence-electron chi connectivity index (χ2n) is 14.4. The Morgan fingerprint density at radius 1 is 0.545 bits per heavy atom. The Morgan fingerprint density at radius 3 is 1.49 bits per heavy atom. The van der Waals surface area contributed by atoms with E-state index in [0.29, 0.717) is 19.3 Å². The quantitative estimate of drug-likeness (QED) is 0.0237. The van der Waals surface area contributed by atoms with Crippen molar-refractivity contribution in [3.05, 3.63) is 48.6 Å². The van der Waals surface area contributed by atoms with Crippen LogP contribution in [0.25, 0.3) is 0 Å². The van der Waals surface area contributed by atoms with Crippen LogP contribution in [-0.2, 0) is 32.7 Å². The first-order valence-electron chi connectivity index (χ1n) is 21.6. The van der Waals surface area contributed by atoms with E-state index in [9.17, 15) is 24.2 Å². The summed E-state index contributed by atoms with van der Waals surface area (Å²) in [5.74, 6) is -0.995. The van der Waals surface area contributed by atoms with Crippen LogP contribution in [0.5, 0.6) is 0 Å². The van der Waals surface area contributed by atoms with E-state index in [0.717, 1.165) is 57.8 Å². The van der Waals surface area contributed by atoms with Crippen molar-refractivity contribution < 1.29 is 47.8 Å². The Balaban J connectivity index is 4.39. The van der Waals surface area contributed by atoms with Gasteiger partial charge in [0.2, 0.25) is 0 Å². The molecule has 0 aromatic rings. The summed E-state index contributed by atoms with van der Waals surface area (Å²) < 4.78 is 32.6. The van der Waals surface area contributed by atoms with Crippen molar-refractivity contribution in [2.24, 2.45) is 0 Å². The van der Waals surface area contributed by atoms with Gasteiger partial charge >= 0.3 is 19.8 Å². The topological polar surface area (TPSA) is 149 Å². The number of rotatable bonds is 40. The molecule has 0 rings (SSSR count). The van der Waals surface area contributed by atoms with E-state index < -0.39 is 51.8 Å². The van der Waals surface area contributed by atoms with Gasteiger partial charge in [0.15, 0.2) is 6.10 Å². The minimum Gasteiger partial charge on any atom is -0.462 e. The molecule has 3 N–H and O–H groups in total. The normalized spacial score (nSPS) is 14.3. The SMILES string of the molecule is CCCCC/C=C/C/C=C/CCCCCCCC(=O)OC[C@H](COP(=O)(O)OC[C@@H](O)CO)OC(=O)CCC/C=C/C/C=C/CCCCCCCCCCC. The maximum absolute atomic E-state index is 12.6. The number of carbonyl (C=O) groups is 2. The summed E-state index contributed by atoms with van der Waals surface area (Å²) in [6.07, 6.45) is 42.3. The zero-order valence-electron chi connectivity index (χ0n) is 34.6. The highest BCUT2D eigenvalue weighted by Crippen LogP contribution is 2.43. The number of phosphoric ester groups is 1. The fourth-order valence-electron chi connectivity index (χ4n) is 5.59. The molecule has 0 heterocycles. The molecule has 11 heteroatoms. The van der Waals surface area contributed by atoms with Crippen LogP contribution in [-0.4, -0.2) is 65.7 Å². The van der Waals surface area contributed by atoms with Crippen LogP contribution >= 0.6 is 7.82 Å². The van der Waals surface area contributed by atoms with Crippen molar-refractivity contribution in [3.8, 4) is 0 Å². The number of allylic oxidation sites excluding steroid dienone is 8. The van der Waals surface area contributed by atoms with E-state index in [2.05, 4.69) is 60.9 Å². The third-order valence-electron chi connectivity index (χ3n) is 8.96. The van der Waals surface area contributed by atoms with Crippen molar-refractivity contribution in [2.75, 3.05) is 26.4 Å². The summed E-state index contributed by atoms with van der Waals surface area (Å²) in [5.41, 5.74) is 0. The third-order valence-corrected chi connectivity index (χ3v) is 9.91. The highest BCUT2D eigenvalue weighted by Gasteiger charge is 2.27. The highest BCUT2D eigenvalue weighted by molar-refractivity contribution is 7.47. The molecule has 10 nitrogen and oxygen atoms in total. The van der Waals surface area contributed by atoms with Crippen LogP contribution in [0.15, 0.2) is 48.6 Å². The molecule has 0 radical (unpaired) electrons. The van der Waals surface area contributed by atoms with Gasteiger partial charge in [0.1, 0.15) is 12.7 Å². The maximum Gasteiger partial charge on any atom is 0.472 e. The van der Waals surface area contributed by atoms with Crippen LogP contribution in [0, 0.1) is 0 Å². The van der Waals surface area contributed by atoms with Crippen molar-refractivity contribution in [2.45, 2.75) is 193 Å². The third kappa shape index (κ3) is 39.9. The van der Waals surface area contributed by atoms with Crippen LogP contribution in [0.4, 0.5) is 0 Å². The number of hydrogen-bond donors (Lipinski definition) is 3. The molecule has 0 aromatic carbocycles. The van der Waals surface area contributed by atoms with E-state index >= 15 is 0 Å². The fourth-order valence-corrected chi connectivity index (χ4v) is 6.38. The standard InChI is InChI=1S/C44H79O10P/c1-3-5-7-9-11-13-15-17-19-20-22-24-26-28-30-32-34-36-44(48)54-42(40-53-55(49,50)52-38-41(46)37-45)39-51-43(47)35-33-31-29-27-25-23-21-18-16-14-12-10-8-6-4-2/h12,14,18,21-22,24,28,30,41-42,45-46H,3-11,13,15-17,19-20,23,25-27,29,31-40H2,1-2H3,(H,49,50)/b14-12+,21-18+,24-22+,30-28+/t41-,42+/m0/s1. The Morgan fingerprint density at radius 2 is 0.964 bits per heavy atom. The fraction of sp³-hybridized carbons (Fsp3) is 0.773. The smallest absolute Gasteiger partial charge is 0.462 e. The molecule has 0 aliphatic rings. The lowest BCUT2D eigenvalue weighted by molar-refractivity contribution is -0.161. The molecular formula is C44H79O10P. The zero-order chi connectivity index (χ0) is 40.5. The lowest BCUT2D eigenvalue weighted by atomic mass is 10.1. The minimum atomic E-state index is -4.63. The van der Waals surface area contributed by atoms with Crippen molar-refractivity contribution in [3.63, 3.8) is 0 Å². The molecule has 0 saturated heterocycles. The summed E-state index contributed by atoms with van der Waals surface area (Å²) in [6.45, 7) is 2.29. The number of hydrogen-bond acceptors (Lipinski definition) is 9. The second kappa shape index (κ2) is 40.1. The molecule has 0 bridgehead atoms. The predicted octanol–water partition coefficient (Wildman–Crippen LogP) is 11.3. The molecule has 0 aliphatic heterocycles. The number of unbranched alkanes of at least 4 members (excludes halogenated alkanes) is 18. The van der Waals surface area contributed by atoms with Gasteiger partial charge in [-0.15, -0.1) is 0 Å². The van der Waals surface area contributed by atoms with Crippen molar-refractivity contribution in [1.29, 1.82) is 0 Å². The first-order chi connectivity index (χ1) is 26.7. The van der Waals surface area contributed by atoms with E-state index in [1.807, 2.05) is 6.08 Å². The van der Waals surface area contributed by atoms with Gasteiger partial charge in [0.05, 0.1) is 19.8 Å². The first kappa shape index (κ1) is 52.9. The summed E-state index contributed by atoms with van der Waals surface area (Å²) in [6, 6.07) is 0. The number of aliphatic hydroxyl groups excluding tert-OH is 2. The Bertz CT molecular complexity index is 1060. The van der Waals surface area contributed by atoms with Crippen LogP contribution in [0.3, 0.4) is 0 Å². The van der Waals surface area contributed by atoms with Crippen LogP contribution in [0.1, 0.15) is 181 Å². The Hall–Kier alpha value is -2.07. The molecule has 0 aromatic heterocycles. The van der Waals surface area contributed by atoms with E-state index in [1.165, 1.54) is 77.0 Å². The second-order valence-corrected chi connectivity index (χ2v) is 15.8. The molecule has 55 heavy (non-hydrogen) atoms. The lowest BCUT2D eigenvalue weighted by Gasteiger charge is -2.20. The zero-order valence-corrected chi connectivity index (χ0v) is 35.5. The molecule has 0 fully saturated rings. The maximum atomic E-state index is 12.6. The van der Waals surface area contributed by atoms with E-state index in [1.54, 1.807) is 0 Å². The van der Waals surface area contributed by atoms with Gasteiger partial charge in [0, 0.05) is 12.8 Å². The van der Waals surface area contributed by atoms with Crippen LogP contribution < -0.4 is 0 Å². The number of ether oxygens (including phenoxy) is 2. The van der Waals surface area contributed by atoms with Gasteiger partial charge in [-0.25, -0.2) is 4.57 Å². The van der Waals surface area contributed by atoms with Gasteiger partial charge in [-0.2, -0.15) is 0 Å². The van der Waals surface area contributed by atoms with Gasteiger partial charge in [-0.05, 0) is 70.6 Å². The Kier molecular flexibility index (Phi) is 38.6. The molecule has 3 atom stereocenters. The number of aliphatic hydroxyl groups is 2. The molecule has 0 amide bonds. The summed E-state index contributed by atoms with van der Waals surface area (Å²) >= 11 is 0. The molecular weight excluding hydrogens is 719 g/mol. The van der Waals surface area contributed by atoms with E-state index in [4.69, 9.17) is 19.1 Å². The van der Waals surface area contributed by atoms with Gasteiger partial charge in [0.25, 0.3) is 0 Å². The van der Waals surface area contributed by atoms with E-state index in [-0.39, 0.29) is 19.4 Å². The monoisotopic (exact) mass is 799 g/mol. The molecule has 0 aliphatic carbocycles. The first-order valence-corrected chi connectivity index (χ1v) is 23.1. The van der Waals surface area contributed by atoms with Crippen LogP contribution in [0.2, 0.25) is 0 Å². The number of phosphoric acid groups is 1. The average Bonchev–Trinajstić information content (AvgIpc) is 3.17. The Labute approximate surface area is 334 Å². The summed E-state index contributed by atoms with van der Waals surface area (Å²) in [4.78, 5) is 34.9. The van der Waals surface area contributed by atoms with Crippen molar-refractivity contribution in [1.82, 2.24) is 0 Å². The summed E-state index contributed by atoms with van der Waals surface area (Å²) in [7, 11) is -4.63. The summed E-state index contributed by atoms with van der Waals surface area (Å²) in [5, 5.41) is 18.3. The number of carbonyl (C=O) groups excluding carboxylic acids is 2. The number of esters is 2. The largest absolute Gasteiger partial charge is 0.472 e. The van der Waals surface area contributed by atoms with Crippen molar-refractivity contribution >= 4 is 19.8 Å². The van der Waals surface area contributed by atoms with Gasteiger partial charge in [-0.3, -0.25) is 18.6 Å². The predicted molar refractivity (Wildman–Crippen MR) is 224 cm³/mol. The molecule has 1 unspecified atom stereocenters. The minimum absolute atomic E-state index is 0.116. The highest BCUT2D eigenvalue weighted by atomic mass is 31.2. The average molecular weight is 799 g/mol. The van der Waals surface area contributed by atoms with Gasteiger partial charge < -0.3 is 24.6 Å². The molecule has 0 spiro atoms. The lowest BCUT2D eigenvalue weighted by Crippen LogP contribution is -2.29. The van der Waals surface area contributed by atoms with Gasteiger partial charge in [-0.1, -0.05) is 146 Å². The molecule has 0 saturated carbocycles. The molecule has 320 valence electrons.